The molecule has 0 bridgehead atoms. The van der Waals surface area contributed by atoms with Gasteiger partial charge in [-0.15, -0.1) is 11.6 Å². The van der Waals surface area contributed by atoms with Gasteiger partial charge >= 0.3 is 0 Å². The molecule has 0 aliphatic carbocycles. The van der Waals surface area contributed by atoms with Crippen LogP contribution in [0.3, 0.4) is 0 Å². The van der Waals surface area contributed by atoms with Crippen molar-refractivity contribution in [2.75, 3.05) is 18.7 Å². The lowest BCUT2D eigenvalue weighted by Gasteiger charge is -2.07. The van der Waals surface area contributed by atoms with Gasteiger partial charge in [-0.1, -0.05) is 0 Å². The molecule has 0 unspecified atom stereocenters. The highest BCUT2D eigenvalue weighted by Gasteiger charge is 2.26. The minimum absolute atomic E-state index is 0.791. The summed E-state index contributed by atoms with van der Waals surface area (Å²) in [5.74, 6) is 5.39. The van der Waals surface area contributed by atoms with E-state index in [2.05, 4.69) is 30.5 Å². The normalized spacial score (nSPS) is 21.1. The maximum Gasteiger partial charge on any atom is 0.0809 e. The van der Waals surface area contributed by atoms with Gasteiger partial charge in [0.05, 0.1) is 37.6 Å². The monoisotopic (exact) mass is 161 g/mol. The first-order valence-corrected chi connectivity index (χ1v) is 6.14. The molecule has 50 valence electrons. The van der Waals surface area contributed by atoms with E-state index in [9.17, 15) is 0 Å². The zero-order valence-corrected chi connectivity index (χ0v) is 7.20. The largest absolute Gasteiger partial charge is 0.123 e. The molecule has 0 atom stereocenters. The maximum atomic E-state index is 5.63. The molecule has 0 aromatic rings. The Morgan fingerprint density at radius 3 is 2.33 bits per heavy atom. The first-order valence-electron chi connectivity index (χ1n) is 3.05. The molecule has 0 aromatic heterocycles. The summed E-state index contributed by atoms with van der Waals surface area (Å²) in [5.41, 5.74) is 0. The molecule has 1 rings (SSSR count). The molecular formula is C7H11ClP+. The van der Waals surface area contributed by atoms with Crippen molar-refractivity contribution >= 4 is 18.9 Å². The Morgan fingerprint density at radius 2 is 1.89 bits per heavy atom. The van der Waals surface area contributed by atoms with Crippen LogP contribution in [-0.4, -0.2) is 18.7 Å². The highest BCUT2D eigenvalue weighted by Crippen LogP contribution is 2.60. The van der Waals surface area contributed by atoms with Crippen LogP contribution in [0, 0.1) is 0 Å². The van der Waals surface area contributed by atoms with E-state index in [0.717, 1.165) is 12.0 Å². The van der Waals surface area contributed by atoms with Crippen LogP contribution in [0.1, 0.15) is 0 Å². The molecule has 0 aromatic carbocycles. The first-order chi connectivity index (χ1) is 4.27. The summed E-state index contributed by atoms with van der Waals surface area (Å²) in [6.45, 7) is 2.30. The van der Waals surface area contributed by atoms with Gasteiger partial charge in [0.1, 0.15) is 0 Å². The van der Waals surface area contributed by atoms with Crippen LogP contribution < -0.4 is 0 Å². The van der Waals surface area contributed by atoms with Gasteiger partial charge in [0.15, 0.2) is 0 Å². The highest BCUT2D eigenvalue weighted by molar-refractivity contribution is 7.81. The first kappa shape index (κ1) is 7.31. The molecule has 0 nitrogen and oxygen atoms in total. The van der Waals surface area contributed by atoms with Crippen LogP contribution in [-0.2, 0) is 0 Å². The Hall–Kier alpha value is 0.200. The molecule has 0 saturated carbocycles. The average molecular weight is 162 g/mol. The van der Waals surface area contributed by atoms with E-state index in [1.807, 2.05) is 0 Å². The Balaban J connectivity index is 2.53. The third kappa shape index (κ3) is 1.81. The van der Waals surface area contributed by atoms with Crippen LogP contribution >= 0.6 is 18.9 Å². The summed E-state index contributed by atoms with van der Waals surface area (Å²) >= 11 is 5.63. The minimum Gasteiger partial charge on any atom is -0.123 e. The van der Waals surface area contributed by atoms with Crippen LogP contribution in [0.15, 0.2) is 23.8 Å². The number of rotatable bonds is 2. The van der Waals surface area contributed by atoms with Crippen molar-refractivity contribution in [2.45, 2.75) is 0 Å². The zero-order valence-electron chi connectivity index (χ0n) is 5.55. The van der Waals surface area contributed by atoms with Gasteiger partial charge in [-0.25, -0.2) is 0 Å². The van der Waals surface area contributed by atoms with Gasteiger partial charge < -0.3 is 0 Å². The van der Waals surface area contributed by atoms with Crippen molar-refractivity contribution in [3.05, 3.63) is 23.8 Å². The summed E-state index contributed by atoms with van der Waals surface area (Å²) in [6, 6.07) is 0. The summed E-state index contributed by atoms with van der Waals surface area (Å²) in [4.78, 5) is 0. The van der Waals surface area contributed by atoms with Gasteiger partial charge in [0.2, 0.25) is 0 Å². The van der Waals surface area contributed by atoms with Crippen molar-refractivity contribution in [1.82, 2.24) is 0 Å². The van der Waals surface area contributed by atoms with Crippen LogP contribution in [0.4, 0.5) is 0 Å². The fourth-order valence-corrected chi connectivity index (χ4v) is 3.71. The molecule has 9 heavy (non-hydrogen) atoms. The van der Waals surface area contributed by atoms with E-state index in [1.54, 1.807) is 0 Å². The van der Waals surface area contributed by atoms with E-state index < -0.39 is 7.26 Å². The summed E-state index contributed by atoms with van der Waals surface area (Å²) < 4.78 is 0. The number of allylic oxidation sites excluding steroid dienone is 2. The second-order valence-corrected chi connectivity index (χ2v) is 6.56. The lowest BCUT2D eigenvalue weighted by Crippen LogP contribution is -1.89. The Labute approximate surface area is 61.9 Å². The van der Waals surface area contributed by atoms with Crippen molar-refractivity contribution in [2.24, 2.45) is 0 Å². The quantitative estimate of drug-likeness (QED) is 0.432. The Morgan fingerprint density at radius 1 is 1.33 bits per heavy atom. The predicted octanol–water partition coefficient (Wildman–Crippen LogP) is 2.91. The van der Waals surface area contributed by atoms with Gasteiger partial charge in [-0.05, 0) is 12.2 Å². The maximum absolute atomic E-state index is 5.63. The molecule has 0 saturated heterocycles. The van der Waals surface area contributed by atoms with Gasteiger partial charge in [-0.3, -0.25) is 0 Å². The number of hydrogen-bond acceptors (Lipinski definition) is 0. The summed E-state index contributed by atoms with van der Waals surface area (Å²) in [7, 11) is -0.813. The number of halogens is 1. The highest BCUT2D eigenvalue weighted by atomic mass is 35.5. The van der Waals surface area contributed by atoms with Crippen molar-refractivity contribution in [3.8, 4) is 0 Å². The third-order valence-electron chi connectivity index (χ3n) is 1.53. The lowest BCUT2D eigenvalue weighted by atomic mass is 10.6. The molecule has 1 heterocycles. The number of alkyl halides is 1. The van der Waals surface area contributed by atoms with Crippen LogP contribution in [0.5, 0.6) is 0 Å². The van der Waals surface area contributed by atoms with Gasteiger partial charge in [0.25, 0.3) is 0 Å². The molecule has 0 fully saturated rings. The smallest absolute Gasteiger partial charge is 0.0809 e. The van der Waals surface area contributed by atoms with E-state index in [4.69, 9.17) is 11.6 Å². The second-order valence-electron chi connectivity index (χ2n) is 2.44. The fourth-order valence-electron chi connectivity index (χ4n) is 0.873. The molecule has 2 heteroatoms. The van der Waals surface area contributed by atoms with E-state index in [0.29, 0.717) is 0 Å². The Bertz CT molecular complexity index is 137. The van der Waals surface area contributed by atoms with E-state index in [-0.39, 0.29) is 0 Å². The SMILES string of the molecule is C[P+]1(CCCl)C=CC=C1. The zero-order chi connectivity index (χ0) is 6.74. The van der Waals surface area contributed by atoms with E-state index in [1.165, 1.54) is 0 Å². The summed E-state index contributed by atoms with van der Waals surface area (Å²) in [5, 5.41) is 0. The minimum atomic E-state index is -0.813. The van der Waals surface area contributed by atoms with Crippen LogP contribution in [0.25, 0.3) is 0 Å². The van der Waals surface area contributed by atoms with Gasteiger partial charge in [0, 0.05) is 0 Å². The van der Waals surface area contributed by atoms with Gasteiger partial charge in [-0.2, -0.15) is 0 Å². The van der Waals surface area contributed by atoms with Crippen LogP contribution in [0.2, 0.25) is 0 Å². The molecule has 0 spiro atoms. The number of hydrogen-bond donors (Lipinski definition) is 0. The second kappa shape index (κ2) is 2.86. The molecule has 0 N–H and O–H groups in total. The van der Waals surface area contributed by atoms with Crippen molar-refractivity contribution in [1.29, 1.82) is 0 Å². The predicted molar refractivity (Wildman–Crippen MR) is 46.7 cm³/mol. The lowest BCUT2D eigenvalue weighted by molar-refractivity contribution is 1.50. The van der Waals surface area contributed by atoms with Crippen molar-refractivity contribution < 1.29 is 0 Å². The molecular weight excluding hydrogens is 151 g/mol. The third-order valence-corrected chi connectivity index (χ3v) is 4.88. The topological polar surface area (TPSA) is 0 Å². The molecule has 1 aliphatic rings. The average Bonchev–Trinajstić information content (AvgIpc) is 2.16. The molecule has 0 amide bonds. The van der Waals surface area contributed by atoms with E-state index >= 15 is 0 Å². The van der Waals surface area contributed by atoms with Crippen molar-refractivity contribution in [3.63, 3.8) is 0 Å². The molecule has 0 radical (unpaired) electrons. The Kier molecular flexibility index (Phi) is 2.32. The molecule has 1 aliphatic heterocycles. The summed E-state index contributed by atoms with van der Waals surface area (Å²) in [6.07, 6.45) is 5.40. The fraction of sp³-hybridized carbons (Fsp3) is 0.429. The standard InChI is InChI=1S/C7H11ClP/c1-9(7-4-8)5-2-3-6-9/h2-3,5-6H,4,7H2,1H3/q+1.